The van der Waals surface area contributed by atoms with Crippen molar-refractivity contribution < 1.29 is 5.11 Å². The molecule has 0 fully saturated rings. The van der Waals surface area contributed by atoms with Gasteiger partial charge in [-0.15, -0.1) is 0 Å². The Morgan fingerprint density at radius 2 is 1.95 bits per heavy atom. The number of nitrogens with zero attached hydrogens (tertiary/aromatic N) is 2. The topological polar surface area (TPSA) is 64.1 Å². The number of nitrogens with two attached hydrogens (primary N) is 1. The molecule has 0 atom stereocenters. The average molecular weight is 289 g/mol. The number of hydrogen-bond donors (Lipinski definition) is 2. The number of aliphatic hydroxyl groups is 1. The fourth-order valence-electron chi connectivity index (χ4n) is 2.87. The summed E-state index contributed by atoms with van der Waals surface area (Å²) < 4.78 is 2.28. The maximum absolute atomic E-state index is 9.86. The molecule has 0 aliphatic carbocycles. The minimum atomic E-state index is -0.0719. The van der Waals surface area contributed by atoms with E-state index in [1.807, 2.05) is 18.2 Å². The van der Waals surface area contributed by atoms with Crippen molar-refractivity contribution in [2.75, 3.05) is 12.3 Å². The largest absolute Gasteiger partial charge is 0.399 e. The normalized spacial score (nSPS) is 12.2. The highest BCUT2D eigenvalue weighted by molar-refractivity contribution is 5.79. The molecule has 0 amide bonds. The highest BCUT2D eigenvalue weighted by Crippen LogP contribution is 2.31. The van der Waals surface area contributed by atoms with Crippen LogP contribution in [0.3, 0.4) is 0 Å². The lowest BCUT2D eigenvalue weighted by atomic mass is 9.83. The molecular weight excluding hydrogens is 262 g/mol. The Kier molecular flexibility index (Phi) is 4.88. The monoisotopic (exact) mass is 289 g/mol. The van der Waals surface area contributed by atoms with Crippen molar-refractivity contribution in [3.63, 3.8) is 0 Å². The van der Waals surface area contributed by atoms with Crippen LogP contribution in [0, 0.1) is 5.41 Å². The molecule has 0 saturated heterocycles. The number of benzene rings is 1. The summed E-state index contributed by atoms with van der Waals surface area (Å²) >= 11 is 0. The van der Waals surface area contributed by atoms with Crippen LogP contribution in [-0.2, 0) is 13.0 Å². The van der Waals surface area contributed by atoms with Gasteiger partial charge in [-0.3, -0.25) is 0 Å². The second-order valence-electron chi connectivity index (χ2n) is 5.98. The summed E-state index contributed by atoms with van der Waals surface area (Å²) in [7, 11) is 0. The maximum atomic E-state index is 9.86. The van der Waals surface area contributed by atoms with Crippen LogP contribution >= 0.6 is 0 Å². The zero-order chi connectivity index (χ0) is 15.5. The first-order valence-electron chi connectivity index (χ1n) is 7.94. The summed E-state index contributed by atoms with van der Waals surface area (Å²) in [6, 6.07) is 5.91. The fourth-order valence-corrected chi connectivity index (χ4v) is 2.87. The van der Waals surface area contributed by atoms with Crippen LogP contribution in [0.4, 0.5) is 5.69 Å². The Morgan fingerprint density at radius 3 is 2.52 bits per heavy atom. The molecule has 0 aliphatic rings. The predicted molar refractivity (Wildman–Crippen MR) is 88.2 cm³/mol. The third kappa shape index (κ3) is 3.05. The molecule has 0 aliphatic heterocycles. The summed E-state index contributed by atoms with van der Waals surface area (Å²) in [4.78, 5) is 4.75. The average Bonchev–Trinajstić information content (AvgIpc) is 2.82. The van der Waals surface area contributed by atoms with E-state index in [9.17, 15) is 5.11 Å². The van der Waals surface area contributed by atoms with Crippen LogP contribution in [0.2, 0.25) is 0 Å². The molecule has 1 aromatic carbocycles. The first-order chi connectivity index (χ1) is 10.1. The minimum Gasteiger partial charge on any atom is -0.399 e. The molecule has 0 radical (unpaired) electrons. The lowest BCUT2D eigenvalue weighted by molar-refractivity contribution is 0.0961. The van der Waals surface area contributed by atoms with E-state index in [1.54, 1.807) is 0 Å². The quantitative estimate of drug-likeness (QED) is 0.768. The molecule has 2 aromatic rings. The Labute approximate surface area is 127 Å². The van der Waals surface area contributed by atoms with E-state index in [2.05, 4.69) is 25.3 Å². The molecule has 21 heavy (non-hydrogen) atoms. The van der Waals surface area contributed by atoms with Gasteiger partial charge in [0.2, 0.25) is 0 Å². The Bertz CT molecular complexity index is 591. The van der Waals surface area contributed by atoms with Crippen molar-refractivity contribution in [2.45, 2.75) is 53.0 Å². The van der Waals surface area contributed by atoms with E-state index in [1.165, 1.54) is 0 Å². The van der Waals surface area contributed by atoms with Crippen LogP contribution in [0.25, 0.3) is 11.0 Å². The number of aromatic nitrogens is 2. The van der Waals surface area contributed by atoms with Gasteiger partial charge >= 0.3 is 0 Å². The van der Waals surface area contributed by atoms with Crippen LogP contribution < -0.4 is 5.73 Å². The van der Waals surface area contributed by atoms with Crippen molar-refractivity contribution in [3.05, 3.63) is 24.0 Å². The van der Waals surface area contributed by atoms with Crippen LogP contribution in [-0.4, -0.2) is 21.3 Å². The number of nitrogen functional groups attached to an aromatic ring is 1. The Balaban J connectivity index is 2.52. The van der Waals surface area contributed by atoms with Crippen LogP contribution in [0.5, 0.6) is 0 Å². The number of anilines is 1. The smallest absolute Gasteiger partial charge is 0.109 e. The molecule has 0 bridgehead atoms. The summed E-state index contributed by atoms with van der Waals surface area (Å²) in [5.74, 6) is 1.10. The molecule has 4 heteroatoms. The molecular formula is C17H27N3O. The van der Waals surface area contributed by atoms with Gasteiger partial charge in [-0.1, -0.05) is 20.8 Å². The van der Waals surface area contributed by atoms with E-state index in [4.69, 9.17) is 10.7 Å². The van der Waals surface area contributed by atoms with Gasteiger partial charge in [0.25, 0.3) is 0 Å². The highest BCUT2D eigenvalue weighted by Gasteiger charge is 2.27. The molecule has 1 heterocycles. The van der Waals surface area contributed by atoms with Gasteiger partial charge in [0, 0.05) is 24.1 Å². The summed E-state index contributed by atoms with van der Waals surface area (Å²) in [6.07, 6.45) is 3.92. The molecule has 2 rings (SSSR count). The van der Waals surface area contributed by atoms with Crippen molar-refractivity contribution in [3.8, 4) is 0 Å². The third-order valence-electron chi connectivity index (χ3n) is 4.65. The zero-order valence-electron chi connectivity index (χ0n) is 13.4. The Hall–Kier alpha value is -1.55. The van der Waals surface area contributed by atoms with E-state index >= 15 is 0 Å². The van der Waals surface area contributed by atoms with Gasteiger partial charge in [0.1, 0.15) is 5.82 Å². The summed E-state index contributed by atoms with van der Waals surface area (Å²) in [5, 5.41) is 9.86. The van der Waals surface area contributed by atoms with Gasteiger partial charge in [-0.2, -0.15) is 0 Å². The number of aryl methyl sites for hydroxylation is 1. The van der Waals surface area contributed by atoms with Gasteiger partial charge in [0.15, 0.2) is 0 Å². The van der Waals surface area contributed by atoms with E-state index in [0.29, 0.717) is 0 Å². The molecule has 4 nitrogen and oxygen atoms in total. The fraction of sp³-hybridized carbons (Fsp3) is 0.588. The summed E-state index contributed by atoms with van der Waals surface area (Å²) in [6.45, 7) is 7.48. The van der Waals surface area contributed by atoms with E-state index < -0.39 is 0 Å². The predicted octanol–water partition coefficient (Wildman–Crippen LogP) is 3.37. The molecule has 0 spiro atoms. The highest BCUT2D eigenvalue weighted by atomic mass is 16.3. The molecule has 1 aromatic heterocycles. The van der Waals surface area contributed by atoms with Gasteiger partial charge < -0.3 is 15.4 Å². The minimum absolute atomic E-state index is 0.0719. The standard InChI is InChI=1S/C17H27N3O/c1-4-7-16-19-14-10-13(18)8-9-15(14)20(16)11-17(5-2,6-3)12-21/h8-10,21H,4-7,11-12,18H2,1-3H3. The SMILES string of the molecule is CCCc1nc2cc(N)ccc2n1CC(CC)(CC)CO. The van der Waals surface area contributed by atoms with Gasteiger partial charge in [-0.05, 0) is 37.5 Å². The third-order valence-corrected chi connectivity index (χ3v) is 4.65. The maximum Gasteiger partial charge on any atom is 0.109 e. The molecule has 0 unspecified atom stereocenters. The van der Waals surface area contributed by atoms with Crippen molar-refractivity contribution in [1.29, 1.82) is 0 Å². The van der Waals surface area contributed by atoms with Crippen LogP contribution in [0.15, 0.2) is 18.2 Å². The molecule has 3 N–H and O–H groups in total. The van der Waals surface area contributed by atoms with Crippen molar-refractivity contribution in [2.24, 2.45) is 5.41 Å². The van der Waals surface area contributed by atoms with Crippen molar-refractivity contribution >= 4 is 16.7 Å². The zero-order valence-corrected chi connectivity index (χ0v) is 13.4. The second-order valence-corrected chi connectivity index (χ2v) is 5.98. The van der Waals surface area contributed by atoms with Gasteiger partial charge in [0.05, 0.1) is 17.6 Å². The number of fused-ring (bicyclic) bond motifs is 1. The number of hydrogen-bond acceptors (Lipinski definition) is 3. The van der Waals surface area contributed by atoms with Gasteiger partial charge in [-0.25, -0.2) is 4.98 Å². The summed E-state index contributed by atoms with van der Waals surface area (Å²) in [5.41, 5.74) is 8.62. The lowest BCUT2D eigenvalue weighted by Gasteiger charge is -2.30. The number of imidazole rings is 1. The molecule has 0 saturated carbocycles. The first-order valence-corrected chi connectivity index (χ1v) is 7.94. The lowest BCUT2D eigenvalue weighted by Crippen LogP contribution is -2.30. The Morgan fingerprint density at radius 1 is 1.24 bits per heavy atom. The van der Waals surface area contributed by atoms with E-state index in [-0.39, 0.29) is 12.0 Å². The molecule has 116 valence electrons. The second kappa shape index (κ2) is 6.48. The van der Waals surface area contributed by atoms with Crippen molar-refractivity contribution in [1.82, 2.24) is 9.55 Å². The van der Waals surface area contributed by atoms with Crippen LogP contribution in [0.1, 0.15) is 45.9 Å². The number of aliphatic hydroxyl groups excluding tert-OH is 1. The first kappa shape index (κ1) is 15.8. The van der Waals surface area contributed by atoms with E-state index in [0.717, 1.165) is 54.8 Å². The number of rotatable bonds is 7.